The second-order valence-corrected chi connectivity index (χ2v) is 5.19. The number of hydrogen-bond acceptors (Lipinski definition) is 3. The Balaban J connectivity index is 1.63. The van der Waals surface area contributed by atoms with E-state index in [0.717, 1.165) is 19.7 Å². The van der Waals surface area contributed by atoms with Crippen LogP contribution in [0.3, 0.4) is 0 Å². The molecular formula is C12H24N2O. The van der Waals surface area contributed by atoms with Gasteiger partial charge in [-0.1, -0.05) is 19.3 Å². The number of hydrogen-bond donors (Lipinski definition) is 2. The predicted molar refractivity (Wildman–Crippen MR) is 61.8 cm³/mol. The van der Waals surface area contributed by atoms with Crippen LogP contribution in [0.1, 0.15) is 44.9 Å². The van der Waals surface area contributed by atoms with Crippen LogP contribution in [0.15, 0.2) is 0 Å². The molecule has 2 aliphatic rings. The fourth-order valence-corrected chi connectivity index (χ4v) is 2.72. The van der Waals surface area contributed by atoms with Gasteiger partial charge in [-0.2, -0.15) is 0 Å². The van der Waals surface area contributed by atoms with Crippen molar-refractivity contribution >= 4 is 0 Å². The third kappa shape index (κ3) is 3.44. The van der Waals surface area contributed by atoms with E-state index in [1.54, 1.807) is 0 Å². The largest absolute Gasteiger partial charge is 0.377 e. The van der Waals surface area contributed by atoms with E-state index < -0.39 is 0 Å². The molecule has 3 N–H and O–H groups in total. The van der Waals surface area contributed by atoms with Crippen LogP contribution in [0, 0.1) is 0 Å². The van der Waals surface area contributed by atoms with Crippen LogP contribution >= 0.6 is 0 Å². The summed E-state index contributed by atoms with van der Waals surface area (Å²) in [6.45, 7) is 2.89. The molecule has 0 aromatic carbocycles. The lowest BCUT2D eigenvalue weighted by atomic mass is 9.82. The molecule has 1 aliphatic carbocycles. The van der Waals surface area contributed by atoms with Crippen LogP contribution in [0.4, 0.5) is 0 Å². The highest BCUT2D eigenvalue weighted by Gasteiger charge is 2.27. The zero-order valence-electron chi connectivity index (χ0n) is 9.63. The molecule has 0 radical (unpaired) electrons. The zero-order valence-corrected chi connectivity index (χ0v) is 9.63. The number of nitrogens with two attached hydrogens (primary N) is 1. The summed E-state index contributed by atoms with van der Waals surface area (Å²) in [6, 6.07) is 0. The van der Waals surface area contributed by atoms with E-state index in [4.69, 9.17) is 10.5 Å². The molecule has 1 aliphatic heterocycles. The number of rotatable bonds is 4. The highest BCUT2D eigenvalue weighted by molar-refractivity contribution is 4.89. The highest BCUT2D eigenvalue weighted by atomic mass is 16.5. The monoisotopic (exact) mass is 212 g/mol. The molecule has 1 saturated heterocycles. The molecule has 0 spiro atoms. The minimum atomic E-state index is 0.0663. The smallest absolute Gasteiger partial charge is 0.0700 e. The molecule has 1 unspecified atom stereocenters. The normalized spacial score (nSPS) is 30.6. The van der Waals surface area contributed by atoms with E-state index >= 15 is 0 Å². The van der Waals surface area contributed by atoms with Crippen molar-refractivity contribution in [3.63, 3.8) is 0 Å². The lowest BCUT2D eigenvalue weighted by Crippen LogP contribution is -2.51. The Kier molecular flexibility index (Phi) is 4.00. The standard InChI is InChI=1S/C12H24N2O/c13-12(6-2-1-3-7-12)10-14-9-11-5-4-8-15-11/h11,14H,1-10,13H2. The minimum absolute atomic E-state index is 0.0663. The molecule has 0 bridgehead atoms. The van der Waals surface area contributed by atoms with E-state index in [1.807, 2.05) is 0 Å². The van der Waals surface area contributed by atoms with Crippen molar-refractivity contribution in [2.45, 2.75) is 56.6 Å². The summed E-state index contributed by atoms with van der Waals surface area (Å²) < 4.78 is 5.57. The lowest BCUT2D eigenvalue weighted by molar-refractivity contribution is 0.107. The lowest BCUT2D eigenvalue weighted by Gasteiger charge is -2.34. The van der Waals surface area contributed by atoms with Gasteiger partial charge in [0.2, 0.25) is 0 Å². The first-order valence-corrected chi connectivity index (χ1v) is 6.40. The van der Waals surface area contributed by atoms with Gasteiger partial charge in [0.05, 0.1) is 6.10 Å². The Morgan fingerprint density at radius 2 is 2.00 bits per heavy atom. The Bertz CT molecular complexity index is 184. The van der Waals surface area contributed by atoms with Gasteiger partial charge in [0, 0.05) is 25.2 Å². The predicted octanol–water partition coefficient (Wildman–Crippen LogP) is 1.42. The van der Waals surface area contributed by atoms with Gasteiger partial charge in [0.25, 0.3) is 0 Å². The Labute approximate surface area is 92.7 Å². The quantitative estimate of drug-likeness (QED) is 0.741. The summed E-state index contributed by atoms with van der Waals surface area (Å²) >= 11 is 0. The second kappa shape index (κ2) is 5.28. The van der Waals surface area contributed by atoms with Crippen LogP contribution in [0.25, 0.3) is 0 Å². The van der Waals surface area contributed by atoms with Gasteiger partial charge in [0.1, 0.15) is 0 Å². The van der Waals surface area contributed by atoms with Crippen LogP contribution in [0.2, 0.25) is 0 Å². The summed E-state index contributed by atoms with van der Waals surface area (Å²) in [5, 5.41) is 3.49. The van der Waals surface area contributed by atoms with Crippen LogP contribution < -0.4 is 11.1 Å². The third-order valence-corrected chi connectivity index (χ3v) is 3.72. The van der Waals surface area contributed by atoms with Crippen molar-refractivity contribution in [2.24, 2.45) is 5.73 Å². The molecule has 15 heavy (non-hydrogen) atoms. The first kappa shape index (κ1) is 11.4. The Morgan fingerprint density at radius 3 is 2.67 bits per heavy atom. The molecule has 0 aromatic rings. The van der Waals surface area contributed by atoms with Crippen molar-refractivity contribution in [1.82, 2.24) is 5.32 Å². The van der Waals surface area contributed by atoms with Gasteiger partial charge in [-0.25, -0.2) is 0 Å². The molecule has 2 fully saturated rings. The van der Waals surface area contributed by atoms with E-state index in [1.165, 1.54) is 44.9 Å². The summed E-state index contributed by atoms with van der Waals surface area (Å²) in [7, 11) is 0. The average molecular weight is 212 g/mol. The molecule has 3 nitrogen and oxygen atoms in total. The van der Waals surface area contributed by atoms with Crippen molar-refractivity contribution in [3.8, 4) is 0 Å². The van der Waals surface area contributed by atoms with E-state index in [0.29, 0.717) is 6.10 Å². The summed E-state index contributed by atoms with van der Waals surface area (Å²) in [5.74, 6) is 0. The Morgan fingerprint density at radius 1 is 1.20 bits per heavy atom. The van der Waals surface area contributed by atoms with Crippen molar-refractivity contribution in [3.05, 3.63) is 0 Å². The topological polar surface area (TPSA) is 47.3 Å². The first-order valence-electron chi connectivity index (χ1n) is 6.40. The van der Waals surface area contributed by atoms with Gasteiger partial charge < -0.3 is 15.8 Å². The van der Waals surface area contributed by atoms with Crippen LogP contribution in [-0.4, -0.2) is 31.3 Å². The van der Waals surface area contributed by atoms with Crippen molar-refractivity contribution in [1.29, 1.82) is 0 Å². The molecule has 0 amide bonds. The minimum Gasteiger partial charge on any atom is -0.377 e. The maximum atomic E-state index is 6.34. The first-order chi connectivity index (χ1) is 7.29. The van der Waals surface area contributed by atoms with Gasteiger partial charge in [-0.3, -0.25) is 0 Å². The second-order valence-electron chi connectivity index (χ2n) is 5.19. The number of ether oxygens (including phenoxy) is 1. The van der Waals surface area contributed by atoms with Crippen molar-refractivity contribution < 1.29 is 4.74 Å². The molecular weight excluding hydrogens is 188 g/mol. The van der Waals surface area contributed by atoms with Gasteiger partial charge in [-0.05, 0) is 25.7 Å². The summed E-state index contributed by atoms with van der Waals surface area (Å²) in [5.41, 5.74) is 6.41. The maximum Gasteiger partial charge on any atom is 0.0700 e. The average Bonchev–Trinajstić information content (AvgIpc) is 2.71. The fourth-order valence-electron chi connectivity index (χ4n) is 2.72. The highest BCUT2D eigenvalue weighted by Crippen LogP contribution is 2.25. The molecule has 1 heterocycles. The summed E-state index contributed by atoms with van der Waals surface area (Å²) in [4.78, 5) is 0. The van der Waals surface area contributed by atoms with E-state index in [9.17, 15) is 0 Å². The number of nitrogens with one attached hydrogen (secondary N) is 1. The SMILES string of the molecule is NC1(CNCC2CCCO2)CCCCC1. The molecule has 2 rings (SSSR count). The molecule has 1 atom stereocenters. The summed E-state index contributed by atoms with van der Waals surface area (Å²) in [6.07, 6.45) is 9.22. The fraction of sp³-hybridized carbons (Fsp3) is 1.00. The van der Waals surface area contributed by atoms with Gasteiger partial charge in [0.15, 0.2) is 0 Å². The molecule has 88 valence electrons. The van der Waals surface area contributed by atoms with Gasteiger partial charge >= 0.3 is 0 Å². The van der Waals surface area contributed by atoms with Crippen molar-refractivity contribution in [2.75, 3.05) is 19.7 Å². The molecule has 1 saturated carbocycles. The van der Waals surface area contributed by atoms with E-state index in [2.05, 4.69) is 5.32 Å². The van der Waals surface area contributed by atoms with Crippen LogP contribution in [-0.2, 0) is 4.74 Å². The Hall–Kier alpha value is -0.120. The zero-order chi connectivity index (χ0) is 10.6. The molecule has 0 aromatic heterocycles. The third-order valence-electron chi connectivity index (χ3n) is 3.72. The maximum absolute atomic E-state index is 6.34. The van der Waals surface area contributed by atoms with Gasteiger partial charge in [-0.15, -0.1) is 0 Å². The molecule has 3 heteroatoms. The van der Waals surface area contributed by atoms with Crippen LogP contribution in [0.5, 0.6) is 0 Å². The van der Waals surface area contributed by atoms with E-state index in [-0.39, 0.29) is 5.54 Å².